The molecule has 0 saturated carbocycles. The molecule has 0 radical (unpaired) electrons. The second-order valence-corrected chi connectivity index (χ2v) is 4.92. The topological polar surface area (TPSA) is 76.1 Å². The summed E-state index contributed by atoms with van der Waals surface area (Å²) in [6.45, 7) is 5.01. The number of amides is 1. The van der Waals surface area contributed by atoms with E-state index in [-0.39, 0.29) is 5.91 Å². The minimum absolute atomic E-state index is 0.213. The molecule has 0 fully saturated rings. The lowest BCUT2D eigenvalue weighted by molar-refractivity contribution is 0.0936. The van der Waals surface area contributed by atoms with Gasteiger partial charge in [-0.15, -0.1) is 0 Å². The van der Waals surface area contributed by atoms with Gasteiger partial charge in [-0.05, 0) is 31.0 Å². The number of hydrogen-bond donors (Lipinski definition) is 2. The second-order valence-electron chi connectivity index (χ2n) is 4.92. The van der Waals surface area contributed by atoms with Gasteiger partial charge in [0.2, 0.25) is 5.95 Å². The molecule has 0 spiro atoms. The van der Waals surface area contributed by atoms with Crippen molar-refractivity contribution in [2.75, 3.05) is 25.6 Å². The summed E-state index contributed by atoms with van der Waals surface area (Å²) in [5, 5.41) is 5.88. The first-order valence-corrected chi connectivity index (χ1v) is 7.04. The lowest BCUT2D eigenvalue weighted by Gasteiger charge is -2.10. The maximum atomic E-state index is 11.8. The van der Waals surface area contributed by atoms with Gasteiger partial charge in [0, 0.05) is 31.7 Å². The SMILES string of the molecule is COCCNC(=O)c1cnc(Nc2cccc(C)c2C)nc1. The fourth-order valence-corrected chi connectivity index (χ4v) is 1.89. The molecule has 116 valence electrons. The van der Waals surface area contributed by atoms with Crippen molar-refractivity contribution in [3.8, 4) is 0 Å². The van der Waals surface area contributed by atoms with Crippen LogP contribution in [0.15, 0.2) is 30.6 Å². The van der Waals surface area contributed by atoms with E-state index in [0.717, 1.165) is 11.3 Å². The molecule has 0 unspecified atom stereocenters. The molecule has 0 aliphatic rings. The second kappa shape index (κ2) is 7.51. The van der Waals surface area contributed by atoms with Crippen LogP contribution in [0.25, 0.3) is 0 Å². The Morgan fingerprint density at radius 3 is 2.64 bits per heavy atom. The van der Waals surface area contributed by atoms with Gasteiger partial charge in [-0.25, -0.2) is 9.97 Å². The quantitative estimate of drug-likeness (QED) is 0.800. The third-order valence-corrected chi connectivity index (χ3v) is 3.36. The van der Waals surface area contributed by atoms with Crippen LogP contribution in [0.5, 0.6) is 0 Å². The van der Waals surface area contributed by atoms with E-state index >= 15 is 0 Å². The van der Waals surface area contributed by atoms with Crippen LogP contribution < -0.4 is 10.6 Å². The Labute approximate surface area is 129 Å². The molecular formula is C16H20N4O2. The van der Waals surface area contributed by atoms with Gasteiger partial charge in [-0.2, -0.15) is 0 Å². The summed E-state index contributed by atoms with van der Waals surface area (Å²) in [6.07, 6.45) is 3.01. The van der Waals surface area contributed by atoms with E-state index < -0.39 is 0 Å². The molecule has 6 heteroatoms. The van der Waals surface area contributed by atoms with E-state index in [4.69, 9.17) is 4.74 Å². The number of carbonyl (C=O) groups excluding carboxylic acids is 1. The highest BCUT2D eigenvalue weighted by molar-refractivity contribution is 5.93. The molecule has 0 atom stereocenters. The average molecular weight is 300 g/mol. The third kappa shape index (κ3) is 4.02. The summed E-state index contributed by atoms with van der Waals surface area (Å²) in [6, 6.07) is 5.99. The van der Waals surface area contributed by atoms with Crippen molar-refractivity contribution in [1.82, 2.24) is 15.3 Å². The molecule has 1 amide bonds. The number of nitrogens with one attached hydrogen (secondary N) is 2. The summed E-state index contributed by atoms with van der Waals surface area (Å²) in [5.74, 6) is 0.248. The van der Waals surface area contributed by atoms with Gasteiger partial charge in [0.25, 0.3) is 5.91 Å². The molecule has 22 heavy (non-hydrogen) atoms. The van der Waals surface area contributed by atoms with Crippen LogP contribution in [0.3, 0.4) is 0 Å². The normalized spacial score (nSPS) is 10.3. The van der Waals surface area contributed by atoms with Crippen LogP contribution in [0.1, 0.15) is 21.5 Å². The Kier molecular flexibility index (Phi) is 5.43. The highest BCUT2D eigenvalue weighted by Gasteiger charge is 2.07. The Morgan fingerprint density at radius 1 is 1.23 bits per heavy atom. The van der Waals surface area contributed by atoms with Crippen molar-refractivity contribution in [3.63, 3.8) is 0 Å². The number of ether oxygens (including phenoxy) is 1. The number of anilines is 2. The molecule has 1 aromatic heterocycles. The highest BCUT2D eigenvalue weighted by Crippen LogP contribution is 2.20. The lowest BCUT2D eigenvalue weighted by Crippen LogP contribution is -2.27. The van der Waals surface area contributed by atoms with E-state index in [1.165, 1.54) is 18.0 Å². The van der Waals surface area contributed by atoms with Crippen LogP contribution in [-0.2, 0) is 4.74 Å². The smallest absolute Gasteiger partial charge is 0.254 e. The van der Waals surface area contributed by atoms with Gasteiger partial charge in [0.05, 0.1) is 12.2 Å². The first-order valence-electron chi connectivity index (χ1n) is 7.04. The number of hydrogen-bond acceptors (Lipinski definition) is 5. The van der Waals surface area contributed by atoms with Gasteiger partial charge >= 0.3 is 0 Å². The summed E-state index contributed by atoms with van der Waals surface area (Å²) in [7, 11) is 1.59. The van der Waals surface area contributed by atoms with Crippen LogP contribution in [0.4, 0.5) is 11.6 Å². The molecule has 0 bridgehead atoms. The zero-order valence-electron chi connectivity index (χ0n) is 13.0. The minimum atomic E-state index is -0.213. The summed E-state index contributed by atoms with van der Waals surface area (Å²) in [4.78, 5) is 20.2. The maximum absolute atomic E-state index is 11.8. The number of methoxy groups -OCH3 is 1. The van der Waals surface area contributed by atoms with Gasteiger partial charge < -0.3 is 15.4 Å². The van der Waals surface area contributed by atoms with Crippen molar-refractivity contribution >= 4 is 17.5 Å². The zero-order valence-corrected chi connectivity index (χ0v) is 13.0. The van der Waals surface area contributed by atoms with Crippen molar-refractivity contribution in [2.45, 2.75) is 13.8 Å². The van der Waals surface area contributed by atoms with Crippen molar-refractivity contribution in [3.05, 3.63) is 47.3 Å². The molecule has 6 nitrogen and oxygen atoms in total. The first-order chi connectivity index (χ1) is 10.6. The van der Waals surface area contributed by atoms with Crippen LogP contribution in [0.2, 0.25) is 0 Å². The van der Waals surface area contributed by atoms with Gasteiger partial charge in [0.1, 0.15) is 0 Å². The Hall–Kier alpha value is -2.47. The number of benzene rings is 1. The van der Waals surface area contributed by atoms with Crippen molar-refractivity contribution in [2.24, 2.45) is 0 Å². The number of rotatable bonds is 6. The lowest BCUT2D eigenvalue weighted by atomic mass is 10.1. The van der Waals surface area contributed by atoms with E-state index in [1.807, 2.05) is 19.1 Å². The number of aryl methyl sites for hydroxylation is 1. The fourth-order valence-electron chi connectivity index (χ4n) is 1.89. The van der Waals surface area contributed by atoms with E-state index in [0.29, 0.717) is 24.7 Å². The number of aromatic nitrogens is 2. The average Bonchev–Trinajstić information content (AvgIpc) is 2.53. The highest BCUT2D eigenvalue weighted by atomic mass is 16.5. The third-order valence-electron chi connectivity index (χ3n) is 3.36. The predicted molar refractivity (Wildman–Crippen MR) is 85.4 cm³/mol. The van der Waals surface area contributed by atoms with Crippen LogP contribution in [0, 0.1) is 13.8 Å². The first kappa shape index (κ1) is 15.9. The monoisotopic (exact) mass is 300 g/mol. The zero-order chi connectivity index (χ0) is 15.9. The molecule has 2 rings (SSSR count). The molecule has 2 N–H and O–H groups in total. The number of carbonyl (C=O) groups is 1. The standard InChI is InChI=1S/C16H20N4O2/c1-11-5-4-6-14(12(11)2)20-16-18-9-13(10-19-16)15(21)17-7-8-22-3/h4-6,9-10H,7-8H2,1-3H3,(H,17,21)(H,18,19,20). The molecule has 1 aromatic carbocycles. The van der Waals surface area contributed by atoms with Gasteiger partial charge in [-0.3, -0.25) is 4.79 Å². The van der Waals surface area contributed by atoms with Gasteiger partial charge in [0.15, 0.2) is 0 Å². The molecular weight excluding hydrogens is 280 g/mol. The maximum Gasteiger partial charge on any atom is 0.254 e. The Morgan fingerprint density at radius 2 is 1.95 bits per heavy atom. The summed E-state index contributed by atoms with van der Waals surface area (Å²) >= 11 is 0. The van der Waals surface area contributed by atoms with E-state index in [2.05, 4.69) is 33.6 Å². The molecule has 1 heterocycles. The number of nitrogens with zero attached hydrogens (tertiary/aromatic N) is 2. The summed E-state index contributed by atoms with van der Waals surface area (Å²) in [5.41, 5.74) is 3.71. The van der Waals surface area contributed by atoms with Gasteiger partial charge in [-0.1, -0.05) is 12.1 Å². The predicted octanol–water partition coefficient (Wildman–Crippen LogP) is 2.21. The minimum Gasteiger partial charge on any atom is -0.383 e. The van der Waals surface area contributed by atoms with Crippen molar-refractivity contribution in [1.29, 1.82) is 0 Å². The largest absolute Gasteiger partial charge is 0.383 e. The Balaban J connectivity index is 2.03. The molecule has 0 aliphatic heterocycles. The van der Waals surface area contributed by atoms with E-state index in [9.17, 15) is 4.79 Å². The molecule has 0 aliphatic carbocycles. The van der Waals surface area contributed by atoms with Crippen LogP contribution in [-0.4, -0.2) is 36.1 Å². The van der Waals surface area contributed by atoms with E-state index in [1.54, 1.807) is 7.11 Å². The Bertz CT molecular complexity index is 641. The summed E-state index contributed by atoms with van der Waals surface area (Å²) < 4.78 is 4.88. The fraction of sp³-hybridized carbons (Fsp3) is 0.312. The molecule has 2 aromatic rings. The van der Waals surface area contributed by atoms with Crippen molar-refractivity contribution < 1.29 is 9.53 Å². The molecule has 0 saturated heterocycles. The van der Waals surface area contributed by atoms with Crippen LogP contribution >= 0.6 is 0 Å².